The van der Waals surface area contributed by atoms with Crippen molar-refractivity contribution in [2.24, 2.45) is 0 Å². The first-order valence-electron chi connectivity index (χ1n) is 7.02. The average molecular weight is 317 g/mol. The molecule has 0 saturated carbocycles. The topological polar surface area (TPSA) is 93.4 Å². The molecule has 1 heterocycles. The number of benzene rings is 1. The molecule has 1 unspecified atom stereocenters. The lowest BCUT2D eigenvalue weighted by Gasteiger charge is -2.25. The maximum Gasteiger partial charge on any atom is 0.305 e. The zero-order chi connectivity index (χ0) is 16.8. The standard InChI is InChI=1S/C15H19N5O3/c1-19(2)14(11-5-4-6-13(7-11)23-3)10-18-15-16-8-12(9-17-15)20(21)22/h4-9,14H,10H2,1-3H3,(H,16,17,18). The van der Waals surface area contributed by atoms with Gasteiger partial charge in [-0.3, -0.25) is 10.1 Å². The van der Waals surface area contributed by atoms with Crippen molar-refractivity contribution in [3.63, 3.8) is 0 Å². The lowest BCUT2D eigenvalue weighted by molar-refractivity contribution is -0.385. The van der Waals surface area contributed by atoms with Gasteiger partial charge in [-0.2, -0.15) is 0 Å². The van der Waals surface area contributed by atoms with Crippen molar-refractivity contribution < 1.29 is 9.66 Å². The van der Waals surface area contributed by atoms with E-state index in [1.165, 1.54) is 12.4 Å². The van der Waals surface area contributed by atoms with E-state index in [4.69, 9.17) is 4.74 Å². The number of nitrogens with one attached hydrogen (secondary N) is 1. The molecule has 0 aliphatic carbocycles. The van der Waals surface area contributed by atoms with Gasteiger partial charge in [-0.15, -0.1) is 0 Å². The number of rotatable bonds is 7. The summed E-state index contributed by atoms with van der Waals surface area (Å²) in [6, 6.07) is 7.90. The first kappa shape index (κ1) is 16.6. The SMILES string of the molecule is COc1cccc(C(CNc2ncc([N+](=O)[O-])cn2)N(C)C)c1. The van der Waals surface area contributed by atoms with E-state index in [0.717, 1.165) is 11.3 Å². The number of aromatic nitrogens is 2. The van der Waals surface area contributed by atoms with Gasteiger partial charge < -0.3 is 15.0 Å². The predicted molar refractivity (Wildman–Crippen MR) is 86.6 cm³/mol. The van der Waals surface area contributed by atoms with Crippen molar-refractivity contribution in [2.75, 3.05) is 33.1 Å². The Morgan fingerprint density at radius 2 is 2.04 bits per heavy atom. The summed E-state index contributed by atoms with van der Waals surface area (Å²) in [6.45, 7) is 0.554. The van der Waals surface area contributed by atoms with Gasteiger partial charge in [0.25, 0.3) is 0 Å². The van der Waals surface area contributed by atoms with Gasteiger partial charge in [-0.05, 0) is 31.8 Å². The van der Waals surface area contributed by atoms with Crippen molar-refractivity contribution in [3.05, 3.63) is 52.3 Å². The summed E-state index contributed by atoms with van der Waals surface area (Å²) in [4.78, 5) is 20.0. The van der Waals surface area contributed by atoms with Gasteiger partial charge in [-0.25, -0.2) is 9.97 Å². The van der Waals surface area contributed by atoms with Crippen LogP contribution in [0.5, 0.6) is 5.75 Å². The maximum atomic E-state index is 10.6. The van der Waals surface area contributed by atoms with Crippen LogP contribution in [0.4, 0.5) is 11.6 Å². The van der Waals surface area contributed by atoms with Crippen LogP contribution in [0, 0.1) is 10.1 Å². The van der Waals surface area contributed by atoms with Crippen molar-refractivity contribution in [1.82, 2.24) is 14.9 Å². The van der Waals surface area contributed by atoms with Gasteiger partial charge in [-0.1, -0.05) is 12.1 Å². The number of methoxy groups -OCH3 is 1. The molecule has 2 rings (SSSR count). The molecule has 122 valence electrons. The Balaban J connectivity index is 2.09. The molecule has 0 bridgehead atoms. The first-order chi connectivity index (χ1) is 11.0. The fourth-order valence-corrected chi connectivity index (χ4v) is 2.14. The van der Waals surface area contributed by atoms with Crippen molar-refractivity contribution in [2.45, 2.75) is 6.04 Å². The molecule has 23 heavy (non-hydrogen) atoms. The maximum absolute atomic E-state index is 10.6. The zero-order valence-electron chi connectivity index (χ0n) is 13.3. The van der Waals surface area contributed by atoms with Crippen LogP contribution in [0.2, 0.25) is 0 Å². The Labute approximate surface area is 134 Å². The Bertz CT molecular complexity index is 660. The van der Waals surface area contributed by atoms with Crippen molar-refractivity contribution >= 4 is 11.6 Å². The molecule has 1 N–H and O–H groups in total. The van der Waals surface area contributed by atoms with Crippen LogP contribution in [0.1, 0.15) is 11.6 Å². The minimum absolute atomic E-state index is 0.0730. The molecule has 0 saturated heterocycles. The molecule has 1 aromatic carbocycles. The van der Waals surface area contributed by atoms with Gasteiger partial charge in [0.1, 0.15) is 18.1 Å². The van der Waals surface area contributed by atoms with Crippen molar-refractivity contribution in [3.8, 4) is 5.75 Å². The molecule has 0 aliphatic heterocycles. The predicted octanol–water partition coefficient (Wildman–Crippen LogP) is 2.11. The number of hydrogen-bond acceptors (Lipinski definition) is 7. The lowest BCUT2D eigenvalue weighted by atomic mass is 10.1. The third kappa shape index (κ3) is 4.36. The first-order valence-corrected chi connectivity index (χ1v) is 7.02. The summed E-state index contributed by atoms with van der Waals surface area (Å²) in [5.41, 5.74) is 0.955. The average Bonchev–Trinajstić information content (AvgIpc) is 2.55. The summed E-state index contributed by atoms with van der Waals surface area (Å²) in [6.07, 6.45) is 2.37. The van der Waals surface area contributed by atoms with E-state index in [9.17, 15) is 10.1 Å². The number of nitro groups is 1. The van der Waals surface area contributed by atoms with Crippen molar-refractivity contribution in [1.29, 1.82) is 0 Å². The highest BCUT2D eigenvalue weighted by Gasteiger charge is 2.15. The highest BCUT2D eigenvalue weighted by atomic mass is 16.6. The van der Waals surface area contributed by atoms with Crippen LogP contribution < -0.4 is 10.1 Å². The quantitative estimate of drug-likeness (QED) is 0.617. The van der Waals surface area contributed by atoms with Crippen LogP contribution in [-0.4, -0.2) is 47.5 Å². The molecular formula is C15H19N5O3. The van der Waals surface area contributed by atoms with Gasteiger partial charge in [0.15, 0.2) is 0 Å². The Hall–Kier alpha value is -2.74. The summed E-state index contributed by atoms with van der Waals surface area (Å²) in [7, 11) is 5.58. The van der Waals surface area contributed by atoms with Gasteiger partial charge >= 0.3 is 5.69 Å². The zero-order valence-corrected chi connectivity index (χ0v) is 13.3. The molecule has 2 aromatic rings. The molecule has 1 atom stereocenters. The van der Waals surface area contributed by atoms with Crippen LogP contribution in [0.25, 0.3) is 0 Å². The normalized spacial score (nSPS) is 12.0. The lowest BCUT2D eigenvalue weighted by Crippen LogP contribution is -2.27. The summed E-state index contributed by atoms with van der Waals surface area (Å²) < 4.78 is 5.26. The van der Waals surface area contributed by atoms with Crippen LogP contribution >= 0.6 is 0 Å². The number of likely N-dealkylation sites (N-methyl/N-ethyl adjacent to an activating group) is 1. The second kappa shape index (κ2) is 7.50. The molecule has 0 spiro atoms. The van der Waals surface area contributed by atoms with E-state index in [1.807, 2.05) is 38.4 Å². The monoisotopic (exact) mass is 317 g/mol. The Morgan fingerprint density at radius 3 is 2.61 bits per heavy atom. The molecule has 1 aromatic heterocycles. The minimum Gasteiger partial charge on any atom is -0.497 e. The van der Waals surface area contributed by atoms with Gasteiger partial charge in [0.2, 0.25) is 5.95 Å². The number of ether oxygens (including phenoxy) is 1. The van der Waals surface area contributed by atoms with E-state index in [0.29, 0.717) is 12.5 Å². The summed E-state index contributed by atoms with van der Waals surface area (Å²) >= 11 is 0. The molecule has 0 aliphatic rings. The second-order valence-corrected chi connectivity index (χ2v) is 5.16. The van der Waals surface area contributed by atoms with E-state index < -0.39 is 4.92 Å². The fourth-order valence-electron chi connectivity index (χ4n) is 2.14. The highest BCUT2D eigenvalue weighted by Crippen LogP contribution is 2.23. The smallest absolute Gasteiger partial charge is 0.305 e. The van der Waals surface area contributed by atoms with Crippen LogP contribution in [0.15, 0.2) is 36.7 Å². The molecule has 0 fully saturated rings. The van der Waals surface area contributed by atoms with Gasteiger partial charge in [0, 0.05) is 6.54 Å². The summed E-state index contributed by atoms with van der Waals surface area (Å²) in [5.74, 6) is 1.14. The number of anilines is 1. The third-order valence-corrected chi connectivity index (χ3v) is 3.40. The minimum atomic E-state index is -0.525. The van der Waals surface area contributed by atoms with Gasteiger partial charge in [0.05, 0.1) is 18.1 Å². The molecule has 8 heteroatoms. The van der Waals surface area contributed by atoms with E-state index in [-0.39, 0.29) is 11.7 Å². The highest BCUT2D eigenvalue weighted by molar-refractivity contribution is 5.34. The summed E-state index contributed by atoms with van der Waals surface area (Å²) in [5, 5.41) is 13.7. The molecule has 0 radical (unpaired) electrons. The Kier molecular flexibility index (Phi) is 5.42. The second-order valence-electron chi connectivity index (χ2n) is 5.16. The molecular weight excluding hydrogens is 298 g/mol. The van der Waals surface area contributed by atoms with E-state index in [2.05, 4.69) is 20.2 Å². The number of nitrogens with zero attached hydrogens (tertiary/aromatic N) is 4. The molecule has 0 amide bonds. The van der Waals surface area contributed by atoms with E-state index >= 15 is 0 Å². The Morgan fingerprint density at radius 1 is 1.35 bits per heavy atom. The molecule has 8 nitrogen and oxygen atoms in total. The van der Waals surface area contributed by atoms with E-state index in [1.54, 1.807) is 7.11 Å². The fraction of sp³-hybridized carbons (Fsp3) is 0.333. The third-order valence-electron chi connectivity index (χ3n) is 3.40. The number of hydrogen-bond donors (Lipinski definition) is 1. The largest absolute Gasteiger partial charge is 0.497 e. The van der Waals surface area contributed by atoms with Crippen LogP contribution in [0.3, 0.4) is 0 Å². The van der Waals surface area contributed by atoms with Crippen LogP contribution in [-0.2, 0) is 0 Å².